The largest absolute Gasteiger partial charge is 0.330 e. The van der Waals surface area contributed by atoms with Crippen LogP contribution in [-0.4, -0.2) is 16.3 Å². The summed E-state index contributed by atoms with van der Waals surface area (Å²) in [6, 6.07) is 8.65. The lowest BCUT2D eigenvalue weighted by Gasteiger charge is -2.08. The van der Waals surface area contributed by atoms with Crippen molar-refractivity contribution < 1.29 is 0 Å². The fourth-order valence-corrected chi connectivity index (χ4v) is 2.29. The molecule has 3 nitrogen and oxygen atoms in total. The normalized spacial score (nSPS) is 15.0. The molecule has 2 N–H and O–H groups in total. The minimum atomic E-state index is 0.689. The Morgan fingerprint density at radius 2 is 2.17 bits per heavy atom. The fourth-order valence-electron chi connectivity index (χ4n) is 2.29. The summed E-state index contributed by atoms with van der Waals surface area (Å²) in [5, 5.41) is 4.69. The second-order valence-corrected chi connectivity index (χ2v) is 5.12. The molecule has 1 saturated carbocycles. The molecule has 1 aliphatic rings. The fraction of sp³-hybridized carbons (Fsp3) is 0.400. The van der Waals surface area contributed by atoms with Crippen LogP contribution in [-0.2, 0) is 6.42 Å². The lowest BCUT2D eigenvalue weighted by molar-refractivity contribution is 0.828. The average molecular weight is 241 g/mol. The van der Waals surface area contributed by atoms with E-state index >= 15 is 0 Å². The molecular weight excluding hydrogens is 222 g/mol. The monoisotopic (exact) mass is 241 g/mol. The summed E-state index contributed by atoms with van der Waals surface area (Å²) < 4.78 is 2.00. The average Bonchev–Trinajstić information content (AvgIpc) is 3.11. The first kappa shape index (κ1) is 11.5. The molecule has 2 aromatic rings. The van der Waals surface area contributed by atoms with Crippen LogP contribution in [0.25, 0.3) is 5.69 Å². The smallest absolute Gasteiger partial charge is 0.0677 e. The number of benzene rings is 1. The number of rotatable bonds is 4. The van der Waals surface area contributed by atoms with Gasteiger partial charge in [0, 0.05) is 12.1 Å². The molecule has 0 bridgehead atoms. The summed E-state index contributed by atoms with van der Waals surface area (Å²) in [4.78, 5) is 0. The third kappa shape index (κ3) is 2.18. The summed E-state index contributed by atoms with van der Waals surface area (Å²) >= 11 is 0. The van der Waals surface area contributed by atoms with Gasteiger partial charge in [0.15, 0.2) is 0 Å². The summed E-state index contributed by atoms with van der Waals surface area (Å²) in [6.45, 7) is 2.81. The van der Waals surface area contributed by atoms with Gasteiger partial charge in [-0.15, -0.1) is 0 Å². The van der Waals surface area contributed by atoms with Crippen LogP contribution in [0.3, 0.4) is 0 Å². The van der Waals surface area contributed by atoms with Gasteiger partial charge >= 0.3 is 0 Å². The summed E-state index contributed by atoms with van der Waals surface area (Å²) in [6.07, 6.45) is 5.58. The number of hydrogen-bond donors (Lipinski definition) is 1. The highest BCUT2D eigenvalue weighted by Gasteiger charge is 2.25. The van der Waals surface area contributed by atoms with E-state index in [1.54, 1.807) is 0 Å². The van der Waals surface area contributed by atoms with Gasteiger partial charge in [-0.2, -0.15) is 5.10 Å². The number of aromatic nitrogens is 2. The number of aryl methyl sites for hydroxylation is 1. The topological polar surface area (TPSA) is 43.8 Å². The van der Waals surface area contributed by atoms with Crippen molar-refractivity contribution >= 4 is 0 Å². The molecule has 0 atom stereocenters. The zero-order valence-electron chi connectivity index (χ0n) is 10.8. The van der Waals surface area contributed by atoms with Crippen LogP contribution in [0, 0.1) is 6.92 Å². The minimum Gasteiger partial charge on any atom is -0.330 e. The maximum absolute atomic E-state index is 5.62. The molecule has 1 aliphatic carbocycles. The van der Waals surface area contributed by atoms with Crippen molar-refractivity contribution in [2.24, 2.45) is 5.73 Å². The molecular formula is C15H19N3. The first-order valence-corrected chi connectivity index (χ1v) is 6.63. The Morgan fingerprint density at radius 1 is 1.33 bits per heavy atom. The van der Waals surface area contributed by atoms with Gasteiger partial charge in [0.25, 0.3) is 0 Å². The Morgan fingerprint density at radius 3 is 2.89 bits per heavy atom. The second-order valence-electron chi connectivity index (χ2n) is 5.12. The summed E-state index contributed by atoms with van der Waals surface area (Å²) in [5.41, 5.74) is 10.6. The van der Waals surface area contributed by atoms with E-state index in [-0.39, 0.29) is 0 Å². The molecule has 0 amide bonds. The molecule has 3 heteroatoms. The van der Waals surface area contributed by atoms with Crippen molar-refractivity contribution in [1.29, 1.82) is 0 Å². The molecule has 0 aliphatic heterocycles. The van der Waals surface area contributed by atoms with Gasteiger partial charge in [-0.3, -0.25) is 0 Å². The Kier molecular flexibility index (Phi) is 2.92. The van der Waals surface area contributed by atoms with Gasteiger partial charge < -0.3 is 5.73 Å². The van der Waals surface area contributed by atoms with Crippen molar-refractivity contribution in [3.05, 3.63) is 47.3 Å². The highest BCUT2D eigenvalue weighted by Crippen LogP contribution is 2.39. The van der Waals surface area contributed by atoms with E-state index < -0.39 is 0 Å². The van der Waals surface area contributed by atoms with Gasteiger partial charge in [0.05, 0.1) is 11.4 Å². The van der Waals surface area contributed by atoms with E-state index in [4.69, 9.17) is 5.73 Å². The molecule has 1 heterocycles. The van der Waals surface area contributed by atoms with Gasteiger partial charge in [0.2, 0.25) is 0 Å². The van der Waals surface area contributed by atoms with Crippen LogP contribution < -0.4 is 5.73 Å². The molecule has 94 valence electrons. The number of nitrogens with two attached hydrogens (primary N) is 1. The SMILES string of the molecule is Cc1ccc(CCN)cc1-n1ccc(C2CC2)n1. The van der Waals surface area contributed by atoms with Crippen molar-refractivity contribution in [2.45, 2.75) is 32.1 Å². The first-order valence-electron chi connectivity index (χ1n) is 6.63. The molecule has 1 aromatic heterocycles. The maximum Gasteiger partial charge on any atom is 0.0677 e. The highest BCUT2D eigenvalue weighted by atomic mass is 15.3. The van der Waals surface area contributed by atoms with Crippen molar-refractivity contribution in [2.75, 3.05) is 6.54 Å². The van der Waals surface area contributed by atoms with E-state index in [9.17, 15) is 0 Å². The van der Waals surface area contributed by atoms with E-state index in [1.165, 1.54) is 35.3 Å². The molecule has 0 radical (unpaired) electrons. The van der Waals surface area contributed by atoms with Crippen molar-refractivity contribution in [3.63, 3.8) is 0 Å². The number of nitrogens with zero attached hydrogens (tertiary/aromatic N) is 2. The molecule has 3 rings (SSSR count). The Hall–Kier alpha value is -1.61. The maximum atomic E-state index is 5.62. The molecule has 0 spiro atoms. The molecule has 0 saturated heterocycles. The lowest BCUT2D eigenvalue weighted by Crippen LogP contribution is -2.05. The quantitative estimate of drug-likeness (QED) is 0.894. The van der Waals surface area contributed by atoms with E-state index in [1.807, 2.05) is 4.68 Å². The molecule has 18 heavy (non-hydrogen) atoms. The summed E-state index contributed by atoms with van der Waals surface area (Å²) in [7, 11) is 0. The Bertz CT molecular complexity index is 553. The van der Waals surface area contributed by atoms with Gasteiger partial charge in [0.1, 0.15) is 0 Å². The minimum absolute atomic E-state index is 0.689. The van der Waals surface area contributed by atoms with Crippen molar-refractivity contribution in [1.82, 2.24) is 9.78 Å². The number of hydrogen-bond acceptors (Lipinski definition) is 2. The van der Waals surface area contributed by atoms with E-state index in [2.05, 4.69) is 42.5 Å². The third-order valence-electron chi connectivity index (χ3n) is 3.56. The highest BCUT2D eigenvalue weighted by molar-refractivity contribution is 5.43. The van der Waals surface area contributed by atoms with E-state index in [0.717, 1.165) is 6.42 Å². The van der Waals surface area contributed by atoms with Crippen molar-refractivity contribution in [3.8, 4) is 5.69 Å². The zero-order valence-corrected chi connectivity index (χ0v) is 10.8. The third-order valence-corrected chi connectivity index (χ3v) is 3.56. The second kappa shape index (κ2) is 4.58. The van der Waals surface area contributed by atoms with E-state index in [0.29, 0.717) is 12.5 Å². The lowest BCUT2D eigenvalue weighted by atomic mass is 10.1. The van der Waals surface area contributed by atoms with Crippen LogP contribution in [0.1, 0.15) is 35.6 Å². The van der Waals surface area contributed by atoms with Crippen LogP contribution in [0.5, 0.6) is 0 Å². The van der Waals surface area contributed by atoms with Crippen LogP contribution in [0.15, 0.2) is 30.5 Å². The molecule has 1 fully saturated rings. The predicted molar refractivity (Wildman–Crippen MR) is 73.0 cm³/mol. The zero-order chi connectivity index (χ0) is 12.5. The van der Waals surface area contributed by atoms with Crippen LogP contribution >= 0.6 is 0 Å². The van der Waals surface area contributed by atoms with Crippen LogP contribution in [0.2, 0.25) is 0 Å². The summed E-state index contributed by atoms with van der Waals surface area (Å²) in [5.74, 6) is 0.707. The Balaban J connectivity index is 1.95. The Labute approximate surface area is 108 Å². The predicted octanol–water partition coefficient (Wildman–Crippen LogP) is 2.56. The first-order chi connectivity index (χ1) is 8.78. The van der Waals surface area contributed by atoms with Crippen LogP contribution in [0.4, 0.5) is 0 Å². The van der Waals surface area contributed by atoms with Gasteiger partial charge in [-0.1, -0.05) is 12.1 Å². The standard InChI is InChI=1S/C15H19N3/c1-11-2-3-12(6-8-16)10-15(11)18-9-7-14(17-18)13-4-5-13/h2-3,7,9-10,13H,4-6,8,16H2,1H3. The van der Waals surface area contributed by atoms with Gasteiger partial charge in [-0.25, -0.2) is 4.68 Å². The van der Waals surface area contributed by atoms with Gasteiger partial charge in [-0.05, 0) is 56.0 Å². The molecule has 0 unspecified atom stereocenters. The molecule has 1 aromatic carbocycles.